The van der Waals surface area contributed by atoms with E-state index in [0.29, 0.717) is 11.3 Å². The van der Waals surface area contributed by atoms with Crippen molar-refractivity contribution in [1.29, 1.82) is 0 Å². The van der Waals surface area contributed by atoms with Gasteiger partial charge >= 0.3 is 12.1 Å². The molecule has 1 heterocycles. The van der Waals surface area contributed by atoms with E-state index >= 15 is 8.78 Å². The quantitative estimate of drug-likeness (QED) is 0.311. The topological polar surface area (TPSA) is 76.7 Å². The molecule has 0 bridgehead atoms. The van der Waals surface area contributed by atoms with Crippen molar-refractivity contribution in [2.45, 2.75) is 24.6 Å². The number of anilines is 1. The van der Waals surface area contributed by atoms with Crippen LogP contribution in [0.3, 0.4) is 0 Å². The fourth-order valence-corrected chi connectivity index (χ4v) is 4.41. The lowest BCUT2D eigenvalue weighted by atomic mass is 9.73. The Labute approximate surface area is 220 Å². The van der Waals surface area contributed by atoms with E-state index in [0.717, 1.165) is 36.4 Å². The Balaban J connectivity index is 1.96. The first-order valence-corrected chi connectivity index (χ1v) is 11.5. The van der Waals surface area contributed by atoms with Crippen LogP contribution in [0.25, 0.3) is 5.57 Å². The molecule has 6 nitrogen and oxygen atoms in total. The predicted molar refractivity (Wildman–Crippen MR) is 134 cm³/mol. The van der Waals surface area contributed by atoms with Crippen LogP contribution in [0, 0.1) is 6.92 Å². The summed E-state index contributed by atoms with van der Waals surface area (Å²) in [5.74, 6) is -7.20. The van der Waals surface area contributed by atoms with Gasteiger partial charge in [0.05, 0.1) is 14.2 Å². The van der Waals surface area contributed by atoms with Crippen LogP contribution in [-0.4, -0.2) is 38.1 Å². The molecule has 3 aromatic carbocycles. The molecule has 1 aliphatic heterocycles. The van der Waals surface area contributed by atoms with Gasteiger partial charge in [-0.15, -0.1) is 0 Å². The first-order valence-electron chi connectivity index (χ1n) is 11.5. The van der Waals surface area contributed by atoms with E-state index in [2.05, 4.69) is 5.32 Å². The van der Waals surface area contributed by atoms with E-state index in [1.54, 1.807) is 6.92 Å². The van der Waals surface area contributed by atoms with Crippen LogP contribution in [0.4, 0.5) is 27.6 Å². The summed E-state index contributed by atoms with van der Waals surface area (Å²) in [6.45, 7) is 1.65. The molecule has 11 heteroatoms. The number of amides is 2. The van der Waals surface area contributed by atoms with E-state index in [-0.39, 0.29) is 11.4 Å². The normalized spacial score (nSPS) is 18.8. The maximum Gasteiger partial charge on any atom is 0.422 e. The highest BCUT2D eigenvalue weighted by Crippen LogP contribution is 2.57. The number of rotatable bonds is 6. The lowest BCUT2D eigenvalue weighted by Gasteiger charge is -2.46. The van der Waals surface area contributed by atoms with Gasteiger partial charge in [0.15, 0.2) is 0 Å². The van der Waals surface area contributed by atoms with E-state index in [1.807, 2.05) is 0 Å². The number of hydrogen-bond acceptors (Lipinski definition) is 4. The Kier molecular flexibility index (Phi) is 7.12. The highest BCUT2D eigenvalue weighted by molar-refractivity contribution is 6.29. The fraction of sp³-hybridized carbons (Fsp3) is 0.214. The third-order valence-corrected chi connectivity index (χ3v) is 6.43. The molecule has 0 fully saturated rings. The number of aryl methyl sites for hydroxylation is 1. The molecule has 1 unspecified atom stereocenters. The lowest BCUT2D eigenvalue weighted by Crippen LogP contribution is -2.69. The van der Waals surface area contributed by atoms with Crippen molar-refractivity contribution in [3.63, 3.8) is 0 Å². The third-order valence-electron chi connectivity index (χ3n) is 6.43. The van der Waals surface area contributed by atoms with Crippen molar-refractivity contribution in [3.8, 4) is 11.5 Å². The minimum absolute atomic E-state index is 0.107. The van der Waals surface area contributed by atoms with Crippen molar-refractivity contribution in [3.05, 3.63) is 95.1 Å². The number of hydrogen-bond donors (Lipinski definition) is 2. The average molecular weight is 546 g/mol. The van der Waals surface area contributed by atoms with Gasteiger partial charge in [-0.25, -0.2) is 0 Å². The summed E-state index contributed by atoms with van der Waals surface area (Å²) in [7, 11) is 2.67. The van der Waals surface area contributed by atoms with Gasteiger partial charge in [0, 0.05) is 11.3 Å². The van der Waals surface area contributed by atoms with Crippen molar-refractivity contribution < 1.29 is 41.0 Å². The van der Waals surface area contributed by atoms with Crippen molar-refractivity contribution >= 4 is 23.1 Å². The van der Waals surface area contributed by atoms with Gasteiger partial charge in [0.1, 0.15) is 17.1 Å². The second kappa shape index (κ2) is 10.0. The molecule has 2 amide bonds. The first kappa shape index (κ1) is 27.6. The van der Waals surface area contributed by atoms with Crippen molar-refractivity contribution in [2.24, 2.45) is 0 Å². The standard InChI is InChI=1S/C28H23F5N2O4/c1-16-4-6-17(7-5-16)23-22(24(36)34-19-10-14-21(39-3)15-11-19)25(37)35-26(27(23,29)30,28(31,32)33)18-8-12-20(38-2)13-9-18/h4-15H,1-3H3,(H,34,36)(H,35,37). The lowest BCUT2D eigenvalue weighted by molar-refractivity contribution is -0.255. The first-order chi connectivity index (χ1) is 18.4. The minimum Gasteiger partial charge on any atom is -0.497 e. The Bertz CT molecular complexity index is 1420. The summed E-state index contributed by atoms with van der Waals surface area (Å²) < 4.78 is 87.4. The smallest absolute Gasteiger partial charge is 0.422 e. The summed E-state index contributed by atoms with van der Waals surface area (Å²) in [5.41, 5.74) is -7.30. The Morgan fingerprint density at radius 2 is 1.36 bits per heavy atom. The number of halogens is 5. The van der Waals surface area contributed by atoms with Crippen LogP contribution in [0.15, 0.2) is 78.4 Å². The SMILES string of the molecule is COc1ccc(NC(=O)C2=C(c3ccc(C)cc3)C(F)(F)C(c3ccc(OC)cc3)(C(F)(F)F)NC2=O)cc1. The zero-order valence-electron chi connectivity index (χ0n) is 21.0. The van der Waals surface area contributed by atoms with Crippen LogP contribution < -0.4 is 20.1 Å². The Morgan fingerprint density at radius 1 is 0.846 bits per heavy atom. The second-order valence-electron chi connectivity index (χ2n) is 8.80. The van der Waals surface area contributed by atoms with Crippen LogP contribution in [0.1, 0.15) is 16.7 Å². The number of carbonyl (C=O) groups is 2. The third kappa shape index (κ3) is 4.68. The van der Waals surface area contributed by atoms with Gasteiger partial charge in [0.2, 0.25) is 5.54 Å². The van der Waals surface area contributed by atoms with Gasteiger partial charge in [-0.3, -0.25) is 9.59 Å². The average Bonchev–Trinajstić information content (AvgIpc) is 2.90. The van der Waals surface area contributed by atoms with E-state index in [9.17, 15) is 22.8 Å². The van der Waals surface area contributed by atoms with Crippen LogP contribution in [0.2, 0.25) is 0 Å². The zero-order valence-corrected chi connectivity index (χ0v) is 21.0. The largest absolute Gasteiger partial charge is 0.497 e. The highest BCUT2D eigenvalue weighted by atomic mass is 19.4. The molecule has 204 valence electrons. The van der Waals surface area contributed by atoms with E-state index in [1.165, 1.54) is 55.9 Å². The molecule has 39 heavy (non-hydrogen) atoms. The minimum atomic E-state index is -5.69. The molecular formula is C28H23F5N2O4. The van der Waals surface area contributed by atoms with Gasteiger partial charge in [-0.2, -0.15) is 22.0 Å². The van der Waals surface area contributed by atoms with Gasteiger partial charge in [-0.1, -0.05) is 42.0 Å². The second-order valence-corrected chi connectivity index (χ2v) is 8.80. The molecule has 0 aromatic heterocycles. The molecule has 0 saturated carbocycles. The molecule has 4 rings (SSSR count). The molecule has 0 radical (unpaired) electrons. The number of methoxy groups -OCH3 is 2. The molecule has 1 aliphatic rings. The molecular weight excluding hydrogens is 523 g/mol. The molecule has 3 aromatic rings. The van der Waals surface area contributed by atoms with Gasteiger partial charge < -0.3 is 20.1 Å². The zero-order chi connectivity index (χ0) is 28.6. The summed E-state index contributed by atoms with van der Waals surface area (Å²) in [6.07, 6.45) is -5.69. The maximum absolute atomic E-state index is 16.5. The molecule has 0 aliphatic carbocycles. The molecule has 0 saturated heterocycles. The van der Waals surface area contributed by atoms with Crippen molar-refractivity contribution in [1.82, 2.24) is 5.32 Å². The summed E-state index contributed by atoms with van der Waals surface area (Å²) in [6, 6.07) is 14.6. The van der Waals surface area contributed by atoms with E-state index in [4.69, 9.17) is 9.47 Å². The summed E-state index contributed by atoms with van der Waals surface area (Å²) >= 11 is 0. The summed E-state index contributed by atoms with van der Waals surface area (Å²) in [5, 5.41) is 3.79. The maximum atomic E-state index is 16.5. The van der Waals surface area contributed by atoms with E-state index < -0.39 is 51.7 Å². The number of nitrogens with one attached hydrogen (secondary N) is 2. The van der Waals surface area contributed by atoms with Gasteiger partial charge in [0.25, 0.3) is 11.8 Å². The summed E-state index contributed by atoms with van der Waals surface area (Å²) in [4.78, 5) is 26.6. The molecule has 0 spiro atoms. The molecule has 1 atom stereocenters. The Hall–Kier alpha value is -4.41. The monoisotopic (exact) mass is 546 g/mol. The number of carbonyl (C=O) groups excluding carboxylic acids is 2. The molecule has 2 N–H and O–H groups in total. The predicted octanol–water partition coefficient (Wildman–Crippen LogP) is 5.63. The van der Waals surface area contributed by atoms with Crippen LogP contribution in [-0.2, 0) is 15.1 Å². The van der Waals surface area contributed by atoms with Crippen molar-refractivity contribution in [2.75, 3.05) is 19.5 Å². The number of alkyl halides is 5. The number of ether oxygens (including phenoxy) is 2. The van der Waals surface area contributed by atoms with Crippen LogP contribution >= 0.6 is 0 Å². The number of benzene rings is 3. The highest BCUT2D eigenvalue weighted by Gasteiger charge is 2.75. The van der Waals surface area contributed by atoms with Gasteiger partial charge in [-0.05, 0) is 54.4 Å². The fourth-order valence-electron chi connectivity index (χ4n) is 4.41. The Morgan fingerprint density at radius 3 is 1.85 bits per heavy atom. The van der Waals surface area contributed by atoms with Crippen LogP contribution in [0.5, 0.6) is 11.5 Å².